The highest BCUT2D eigenvalue weighted by atomic mass is 16.5. The van der Waals surface area contributed by atoms with Gasteiger partial charge in [0.15, 0.2) is 0 Å². The molecular weight excluding hydrogens is 194 g/mol. The van der Waals surface area contributed by atoms with Gasteiger partial charge < -0.3 is 14.5 Å². The number of cyclic esters (lactones) is 1. The number of nitrogens with one attached hydrogen (secondary N) is 1. The number of ether oxygens (including phenoxy) is 2. The summed E-state index contributed by atoms with van der Waals surface area (Å²) in [6.07, 6.45) is 0. The second-order valence-electron chi connectivity index (χ2n) is 3.47. The Morgan fingerprint density at radius 2 is 2.33 bits per heavy atom. The number of esters is 1. The fraction of sp³-hybridized carbons (Fsp3) is 0.182. The predicted octanol–water partition coefficient (Wildman–Crippen LogP) is 1.85. The number of carbonyl (C=O) groups is 1. The molecule has 15 heavy (non-hydrogen) atoms. The summed E-state index contributed by atoms with van der Waals surface area (Å²) in [6.45, 7) is 0.349. The van der Waals surface area contributed by atoms with Crippen molar-refractivity contribution in [2.24, 2.45) is 0 Å². The van der Waals surface area contributed by atoms with E-state index in [1.54, 1.807) is 7.11 Å². The van der Waals surface area contributed by atoms with Crippen LogP contribution in [0.3, 0.4) is 0 Å². The van der Waals surface area contributed by atoms with E-state index in [-0.39, 0.29) is 5.97 Å². The summed E-state index contributed by atoms with van der Waals surface area (Å²) >= 11 is 0. The van der Waals surface area contributed by atoms with Crippen LogP contribution >= 0.6 is 0 Å². The maximum Gasteiger partial charge on any atom is 0.355 e. The lowest BCUT2D eigenvalue weighted by atomic mass is 10.1. The van der Waals surface area contributed by atoms with Gasteiger partial charge in [-0.05, 0) is 18.2 Å². The van der Waals surface area contributed by atoms with Gasteiger partial charge in [-0.2, -0.15) is 0 Å². The average molecular weight is 203 g/mol. The van der Waals surface area contributed by atoms with Crippen LogP contribution in [0.15, 0.2) is 18.2 Å². The number of rotatable bonds is 1. The molecule has 1 aliphatic heterocycles. The quantitative estimate of drug-likeness (QED) is 0.719. The third-order valence-electron chi connectivity index (χ3n) is 2.67. The first-order valence-corrected chi connectivity index (χ1v) is 4.65. The second-order valence-corrected chi connectivity index (χ2v) is 3.47. The van der Waals surface area contributed by atoms with E-state index in [1.165, 1.54) is 0 Å². The first-order chi connectivity index (χ1) is 7.29. The number of aromatic nitrogens is 1. The van der Waals surface area contributed by atoms with Crippen LogP contribution in [0.25, 0.3) is 10.9 Å². The van der Waals surface area contributed by atoms with Gasteiger partial charge in [0.2, 0.25) is 0 Å². The number of methoxy groups -OCH3 is 1. The molecule has 0 atom stereocenters. The van der Waals surface area contributed by atoms with E-state index in [4.69, 9.17) is 9.47 Å². The van der Waals surface area contributed by atoms with Gasteiger partial charge in [0, 0.05) is 16.5 Å². The zero-order chi connectivity index (χ0) is 10.4. The fourth-order valence-electron chi connectivity index (χ4n) is 1.89. The normalized spacial score (nSPS) is 14.1. The number of hydrogen-bond donors (Lipinski definition) is 1. The first-order valence-electron chi connectivity index (χ1n) is 4.65. The summed E-state index contributed by atoms with van der Waals surface area (Å²) in [5.74, 6) is 0.504. The van der Waals surface area contributed by atoms with Gasteiger partial charge in [-0.3, -0.25) is 0 Å². The Morgan fingerprint density at radius 1 is 1.47 bits per heavy atom. The molecule has 0 amide bonds. The molecule has 0 bridgehead atoms. The van der Waals surface area contributed by atoms with Crippen LogP contribution in [0, 0.1) is 0 Å². The highest BCUT2D eigenvalue weighted by Crippen LogP contribution is 2.30. The smallest absolute Gasteiger partial charge is 0.355 e. The fourth-order valence-corrected chi connectivity index (χ4v) is 1.89. The molecule has 0 fully saturated rings. The molecule has 0 aliphatic carbocycles. The van der Waals surface area contributed by atoms with Gasteiger partial charge in [-0.25, -0.2) is 4.79 Å². The molecule has 0 radical (unpaired) electrons. The third kappa shape index (κ3) is 1.05. The summed E-state index contributed by atoms with van der Waals surface area (Å²) < 4.78 is 10.1. The van der Waals surface area contributed by atoms with Crippen molar-refractivity contribution >= 4 is 16.9 Å². The Kier molecular flexibility index (Phi) is 1.54. The largest absolute Gasteiger partial charge is 0.497 e. The van der Waals surface area contributed by atoms with Gasteiger partial charge >= 0.3 is 5.97 Å². The van der Waals surface area contributed by atoms with Gasteiger partial charge in [0.05, 0.1) is 7.11 Å². The van der Waals surface area contributed by atoms with Crippen molar-refractivity contribution in [2.45, 2.75) is 6.61 Å². The maximum absolute atomic E-state index is 11.3. The number of benzene rings is 1. The van der Waals surface area contributed by atoms with Gasteiger partial charge in [0.1, 0.15) is 18.1 Å². The monoisotopic (exact) mass is 203 g/mol. The minimum atomic E-state index is -0.278. The summed E-state index contributed by atoms with van der Waals surface area (Å²) in [4.78, 5) is 14.4. The van der Waals surface area contributed by atoms with Crippen LogP contribution in [0.1, 0.15) is 16.1 Å². The Hall–Kier alpha value is -1.97. The van der Waals surface area contributed by atoms with Crippen LogP contribution < -0.4 is 4.74 Å². The Balaban J connectivity index is 2.31. The molecule has 0 unspecified atom stereocenters. The minimum absolute atomic E-state index is 0.278. The number of fused-ring (bicyclic) bond motifs is 3. The van der Waals surface area contributed by atoms with E-state index in [1.807, 2.05) is 18.2 Å². The molecule has 4 nitrogen and oxygen atoms in total. The SMILES string of the molecule is COc1ccc2[nH]c3c(c2c1)COC3=O. The van der Waals surface area contributed by atoms with Crippen molar-refractivity contribution in [2.75, 3.05) is 7.11 Å². The predicted molar refractivity (Wildman–Crippen MR) is 54.0 cm³/mol. The molecule has 2 aromatic rings. The second kappa shape index (κ2) is 2.76. The van der Waals surface area contributed by atoms with Crippen molar-refractivity contribution in [3.8, 4) is 5.75 Å². The molecule has 3 rings (SSSR count). The van der Waals surface area contributed by atoms with Crippen molar-refractivity contribution in [1.29, 1.82) is 0 Å². The highest BCUT2D eigenvalue weighted by molar-refractivity contribution is 6.00. The zero-order valence-corrected chi connectivity index (χ0v) is 8.16. The lowest BCUT2D eigenvalue weighted by molar-refractivity contribution is 0.0531. The lowest BCUT2D eigenvalue weighted by Gasteiger charge is -1.99. The van der Waals surface area contributed by atoms with E-state index >= 15 is 0 Å². The van der Waals surface area contributed by atoms with Crippen LogP contribution in [-0.2, 0) is 11.3 Å². The number of hydrogen-bond acceptors (Lipinski definition) is 3. The molecular formula is C11H9NO3. The molecule has 2 heterocycles. The molecule has 76 valence electrons. The van der Waals surface area contributed by atoms with E-state index in [2.05, 4.69) is 4.98 Å². The maximum atomic E-state index is 11.3. The standard InChI is InChI=1S/C11H9NO3/c1-14-6-2-3-9-7(4-6)8-5-15-11(13)10(8)12-9/h2-4,12H,5H2,1H3. The highest BCUT2D eigenvalue weighted by Gasteiger charge is 2.25. The molecule has 1 N–H and O–H groups in total. The summed E-state index contributed by atoms with van der Waals surface area (Å²) in [7, 11) is 1.62. The third-order valence-corrected chi connectivity index (χ3v) is 2.67. The van der Waals surface area contributed by atoms with Crippen LogP contribution in [-0.4, -0.2) is 18.1 Å². The van der Waals surface area contributed by atoms with Crippen molar-refractivity contribution in [3.63, 3.8) is 0 Å². The molecule has 1 aromatic heterocycles. The molecule has 1 aromatic carbocycles. The summed E-state index contributed by atoms with van der Waals surface area (Å²) in [6, 6.07) is 5.67. The molecule has 0 saturated heterocycles. The topological polar surface area (TPSA) is 51.3 Å². The van der Waals surface area contributed by atoms with E-state index < -0.39 is 0 Å². The average Bonchev–Trinajstić information content (AvgIpc) is 2.78. The zero-order valence-electron chi connectivity index (χ0n) is 8.16. The Bertz CT molecular complexity index is 556. The van der Waals surface area contributed by atoms with E-state index in [0.29, 0.717) is 12.3 Å². The van der Waals surface area contributed by atoms with Gasteiger partial charge in [0.25, 0.3) is 0 Å². The Morgan fingerprint density at radius 3 is 3.13 bits per heavy atom. The van der Waals surface area contributed by atoms with Crippen molar-refractivity contribution in [1.82, 2.24) is 4.98 Å². The molecule has 0 saturated carbocycles. The molecule has 1 aliphatic rings. The van der Waals surface area contributed by atoms with Crippen molar-refractivity contribution in [3.05, 3.63) is 29.5 Å². The number of H-pyrrole nitrogens is 1. The summed E-state index contributed by atoms with van der Waals surface area (Å²) in [5, 5.41) is 0.996. The van der Waals surface area contributed by atoms with Crippen LogP contribution in [0.5, 0.6) is 5.75 Å². The Labute approximate surface area is 85.8 Å². The number of aromatic amines is 1. The van der Waals surface area contributed by atoms with Crippen molar-refractivity contribution < 1.29 is 14.3 Å². The van der Waals surface area contributed by atoms with Gasteiger partial charge in [-0.1, -0.05) is 0 Å². The molecule has 4 heteroatoms. The number of carbonyl (C=O) groups excluding carboxylic acids is 1. The lowest BCUT2D eigenvalue weighted by Crippen LogP contribution is -1.94. The van der Waals surface area contributed by atoms with E-state index in [0.717, 1.165) is 22.2 Å². The first kappa shape index (κ1) is 8.35. The van der Waals surface area contributed by atoms with Gasteiger partial charge in [-0.15, -0.1) is 0 Å². The summed E-state index contributed by atoms with van der Waals surface area (Å²) in [5.41, 5.74) is 2.43. The minimum Gasteiger partial charge on any atom is -0.497 e. The molecule has 0 spiro atoms. The van der Waals surface area contributed by atoms with E-state index in [9.17, 15) is 4.79 Å². The van der Waals surface area contributed by atoms with Crippen LogP contribution in [0.2, 0.25) is 0 Å². The van der Waals surface area contributed by atoms with Crippen LogP contribution in [0.4, 0.5) is 0 Å².